The minimum absolute atomic E-state index is 0.107. The number of hydrogen-bond donors (Lipinski definition) is 1. The van der Waals surface area contributed by atoms with Crippen molar-refractivity contribution in [3.05, 3.63) is 41.2 Å². The normalized spacial score (nSPS) is 17.4. The fourth-order valence-electron chi connectivity index (χ4n) is 3.78. The van der Waals surface area contributed by atoms with Gasteiger partial charge in [0, 0.05) is 37.7 Å². The molecule has 1 N–H and O–H groups in total. The van der Waals surface area contributed by atoms with Crippen LogP contribution in [0.5, 0.6) is 0 Å². The molecule has 1 fully saturated rings. The molecule has 3 heterocycles. The Morgan fingerprint density at radius 2 is 2.22 bits per heavy atom. The van der Waals surface area contributed by atoms with Gasteiger partial charge in [0.15, 0.2) is 11.4 Å². The molecule has 1 unspecified atom stereocenters. The first kappa shape index (κ1) is 17.6. The van der Waals surface area contributed by atoms with E-state index in [1.807, 2.05) is 23.1 Å². The lowest BCUT2D eigenvalue weighted by atomic mass is 9.98. The Balaban J connectivity index is 1.53. The van der Waals surface area contributed by atoms with Crippen molar-refractivity contribution in [3.8, 4) is 0 Å². The Hall–Kier alpha value is -2.83. The zero-order chi connectivity index (χ0) is 19.0. The highest BCUT2D eigenvalue weighted by molar-refractivity contribution is 6.00. The van der Waals surface area contributed by atoms with E-state index in [-0.39, 0.29) is 11.9 Å². The molecule has 142 valence electrons. The monoisotopic (exact) mass is 368 g/mol. The SMILES string of the molecule is CCc1oc2c(NC(=O)N3CCCC(c4noc(C)n4)C3)cccc2c1C. The van der Waals surface area contributed by atoms with Crippen molar-refractivity contribution in [2.45, 2.75) is 46.0 Å². The summed E-state index contributed by atoms with van der Waals surface area (Å²) in [5.74, 6) is 2.30. The molecule has 0 aliphatic carbocycles. The highest BCUT2D eigenvalue weighted by atomic mass is 16.5. The maximum atomic E-state index is 12.9. The fraction of sp³-hybridized carbons (Fsp3) is 0.450. The molecular weight excluding hydrogens is 344 g/mol. The zero-order valence-electron chi connectivity index (χ0n) is 15.9. The quantitative estimate of drug-likeness (QED) is 0.740. The molecule has 1 aromatic carbocycles. The molecular formula is C20H24N4O3. The van der Waals surface area contributed by atoms with E-state index in [2.05, 4.69) is 29.3 Å². The summed E-state index contributed by atoms with van der Waals surface area (Å²) in [7, 11) is 0. The number of rotatable bonds is 3. The number of benzene rings is 1. The van der Waals surface area contributed by atoms with Crippen molar-refractivity contribution in [2.24, 2.45) is 0 Å². The molecule has 1 aliphatic rings. The molecule has 1 atom stereocenters. The van der Waals surface area contributed by atoms with Gasteiger partial charge in [0.05, 0.1) is 5.69 Å². The molecule has 27 heavy (non-hydrogen) atoms. The van der Waals surface area contributed by atoms with E-state index in [0.717, 1.165) is 41.6 Å². The van der Waals surface area contributed by atoms with Gasteiger partial charge in [0.25, 0.3) is 0 Å². The first-order valence-electron chi connectivity index (χ1n) is 9.44. The van der Waals surface area contributed by atoms with Crippen LogP contribution in [0.4, 0.5) is 10.5 Å². The highest BCUT2D eigenvalue weighted by Gasteiger charge is 2.28. The van der Waals surface area contributed by atoms with Crippen LogP contribution < -0.4 is 5.32 Å². The summed E-state index contributed by atoms with van der Waals surface area (Å²) in [4.78, 5) is 19.0. The average Bonchev–Trinajstić information content (AvgIpc) is 3.26. The Labute approximate surface area is 157 Å². The molecule has 7 nitrogen and oxygen atoms in total. The molecule has 0 saturated carbocycles. The largest absolute Gasteiger partial charge is 0.459 e. The smallest absolute Gasteiger partial charge is 0.321 e. The summed E-state index contributed by atoms with van der Waals surface area (Å²) in [5, 5.41) is 8.09. The molecule has 2 amide bonds. The third-order valence-corrected chi connectivity index (χ3v) is 5.24. The number of piperidine rings is 1. The second-order valence-corrected chi connectivity index (χ2v) is 7.07. The van der Waals surface area contributed by atoms with Gasteiger partial charge >= 0.3 is 6.03 Å². The van der Waals surface area contributed by atoms with Crippen molar-refractivity contribution in [2.75, 3.05) is 18.4 Å². The van der Waals surface area contributed by atoms with Gasteiger partial charge in [-0.15, -0.1) is 0 Å². The third kappa shape index (κ3) is 3.29. The van der Waals surface area contributed by atoms with Crippen LogP contribution in [-0.4, -0.2) is 34.2 Å². The van der Waals surface area contributed by atoms with Gasteiger partial charge in [0.1, 0.15) is 5.76 Å². The summed E-state index contributed by atoms with van der Waals surface area (Å²) in [5.41, 5.74) is 2.58. The lowest BCUT2D eigenvalue weighted by Crippen LogP contribution is -2.41. The molecule has 1 saturated heterocycles. The van der Waals surface area contributed by atoms with Crippen LogP contribution in [0.2, 0.25) is 0 Å². The predicted octanol–water partition coefficient (Wildman–Crippen LogP) is 4.41. The van der Waals surface area contributed by atoms with E-state index in [0.29, 0.717) is 30.5 Å². The number of para-hydroxylation sites is 1. The standard InChI is InChI=1S/C20H24N4O3/c1-4-17-12(2)15-8-5-9-16(18(15)26-17)22-20(25)24-10-6-7-14(11-24)19-21-13(3)27-23-19/h5,8-9,14H,4,6-7,10-11H2,1-3H3,(H,22,25). The predicted molar refractivity (Wildman–Crippen MR) is 102 cm³/mol. The average molecular weight is 368 g/mol. The van der Waals surface area contributed by atoms with E-state index < -0.39 is 0 Å². The summed E-state index contributed by atoms with van der Waals surface area (Å²) in [6.45, 7) is 7.19. The number of furan rings is 1. The molecule has 4 rings (SSSR count). The topological polar surface area (TPSA) is 84.4 Å². The number of carbonyl (C=O) groups is 1. The summed E-state index contributed by atoms with van der Waals surface area (Å²) in [6, 6.07) is 5.73. The Kier molecular flexibility index (Phi) is 4.59. The number of carbonyl (C=O) groups excluding carboxylic acids is 1. The van der Waals surface area contributed by atoms with Gasteiger partial charge in [-0.1, -0.05) is 24.2 Å². The summed E-state index contributed by atoms with van der Waals surface area (Å²) in [6.07, 6.45) is 2.69. The lowest BCUT2D eigenvalue weighted by molar-refractivity contribution is 0.190. The van der Waals surface area contributed by atoms with E-state index in [9.17, 15) is 4.79 Å². The molecule has 0 radical (unpaired) electrons. The minimum Gasteiger partial charge on any atom is -0.459 e. The van der Waals surface area contributed by atoms with Crippen LogP contribution in [0.25, 0.3) is 11.0 Å². The van der Waals surface area contributed by atoms with Crippen molar-refractivity contribution >= 4 is 22.7 Å². The van der Waals surface area contributed by atoms with Crippen LogP contribution in [0.1, 0.15) is 48.7 Å². The molecule has 0 spiro atoms. The van der Waals surface area contributed by atoms with Gasteiger partial charge in [-0.2, -0.15) is 4.98 Å². The maximum Gasteiger partial charge on any atom is 0.321 e. The molecule has 0 bridgehead atoms. The third-order valence-electron chi connectivity index (χ3n) is 5.24. The van der Waals surface area contributed by atoms with Crippen LogP contribution in [0.15, 0.2) is 27.1 Å². The number of aromatic nitrogens is 2. The van der Waals surface area contributed by atoms with Gasteiger partial charge in [-0.25, -0.2) is 4.79 Å². The molecule has 3 aromatic rings. The number of anilines is 1. The van der Waals surface area contributed by atoms with E-state index in [4.69, 9.17) is 8.94 Å². The van der Waals surface area contributed by atoms with Crippen LogP contribution in [-0.2, 0) is 6.42 Å². The second kappa shape index (κ2) is 7.06. The Morgan fingerprint density at radius 3 is 2.96 bits per heavy atom. The Bertz CT molecular complexity index is 975. The number of fused-ring (bicyclic) bond motifs is 1. The van der Waals surface area contributed by atoms with Crippen LogP contribution >= 0.6 is 0 Å². The number of nitrogens with zero attached hydrogens (tertiary/aromatic N) is 3. The zero-order valence-corrected chi connectivity index (χ0v) is 15.9. The van der Waals surface area contributed by atoms with E-state index >= 15 is 0 Å². The number of amides is 2. The van der Waals surface area contributed by atoms with Crippen molar-refractivity contribution in [3.63, 3.8) is 0 Å². The number of hydrogen-bond acceptors (Lipinski definition) is 5. The van der Waals surface area contributed by atoms with Crippen LogP contribution in [0.3, 0.4) is 0 Å². The van der Waals surface area contributed by atoms with Gasteiger partial charge < -0.3 is 19.2 Å². The molecule has 2 aromatic heterocycles. The number of aryl methyl sites for hydroxylation is 3. The van der Waals surface area contributed by atoms with Crippen molar-refractivity contribution < 1.29 is 13.7 Å². The summed E-state index contributed by atoms with van der Waals surface area (Å²) < 4.78 is 11.1. The maximum absolute atomic E-state index is 12.9. The van der Waals surface area contributed by atoms with Gasteiger partial charge in [-0.05, 0) is 31.4 Å². The van der Waals surface area contributed by atoms with Crippen molar-refractivity contribution in [1.29, 1.82) is 0 Å². The molecule has 1 aliphatic heterocycles. The number of likely N-dealkylation sites (tertiary alicyclic amines) is 1. The Morgan fingerprint density at radius 1 is 1.37 bits per heavy atom. The first-order valence-corrected chi connectivity index (χ1v) is 9.44. The number of nitrogens with one attached hydrogen (secondary N) is 1. The van der Waals surface area contributed by atoms with Crippen LogP contribution in [0, 0.1) is 13.8 Å². The second-order valence-electron chi connectivity index (χ2n) is 7.07. The molecule has 7 heteroatoms. The highest BCUT2D eigenvalue weighted by Crippen LogP contribution is 2.32. The van der Waals surface area contributed by atoms with E-state index in [1.54, 1.807) is 6.92 Å². The fourth-order valence-corrected chi connectivity index (χ4v) is 3.78. The number of urea groups is 1. The van der Waals surface area contributed by atoms with Gasteiger partial charge in [-0.3, -0.25) is 0 Å². The van der Waals surface area contributed by atoms with Crippen molar-refractivity contribution in [1.82, 2.24) is 15.0 Å². The lowest BCUT2D eigenvalue weighted by Gasteiger charge is -2.31. The van der Waals surface area contributed by atoms with Gasteiger partial charge in [0.2, 0.25) is 5.89 Å². The van der Waals surface area contributed by atoms with E-state index in [1.165, 1.54) is 0 Å². The summed E-state index contributed by atoms with van der Waals surface area (Å²) >= 11 is 0. The minimum atomic E-state index is -0.125. The first-order chi connectivity index (χ1) is 13.1.